The molecule has 4 nitrogen and oxygen atoms in total. The normalized spacial score (nSPS) is 15.9. The summed E-state index contributed by atoms with van der Waals surface area (Å²) in [6, 6.07) is 16.4. The van der Waals surface area contributed by atoms with Gasteiger partial charge in [0.25, 0.3) is 0 Å². The van der Waals surface area contributed by atoms with Crippen LogP contribution in [0.4, 0.5) is 0 Å². The highest BCUT2D eigenvalue weighted by Crippen LogP contribution is 2.17. The molecule has 0 unspecified atom stereocenters. The third-order valence-electron chi connectivity index (χ3n) is 4.52. The van der Waals surface area contributed by atoms with E-state index in [0.717, 1.165) is 61.8 Å². The van der Waals surface area contributed by atoms with Crippen LogP contribution in [-0.2, 0) is 6.54 Å². The maximum Gasteiger partial charge on any atom is 0.119 e. The van der Waals surface area contributed by atoms with Crippen molar-refractivity contribution in [2.45, 2.75) is 6.54 Å². The Kier molecular flexibility index (Phi) is 6.73. The predicted octanol–water partition coefficient (Wildman–Crippen LogP) is 3.65. The molecule has 0 N–H and O–H groups in total. The van der Waals surface area contributed by atoms with Crippen LogP contribution in [-0.4, -0.2) is 56.2 Å². The van der Waals surface area contributed by atoms with E-state index in [2.05, 4.69) is 50.0 Å². The first-order valence-corrected chi connectivity index (χ1v) is 9.48. The molecule has 1 saturated heterocycles. The van der Waals surface area contributed by atoms with Gasteiger partial charge in [-0.3, -0.25) is 9.80 Å². The second-order valence-corrected chi connectivity index (χ2v) is 7.18. The van der Waals surface area contributed by atoms with Crippen LogP contribution in [0.2, 0.25) is 0 Å². The van der Waals surface area contributed by atoms with Crippen molar-refractivity contribution in [1.29, 1.82) is 0 Å². The van der Waals surface area contributed by atoms with Crippen molar-refractivity contribution in [2.24, 2.45) is 0 Å². The minimum atomic E-state index is 0.721. The Labute approximate surface area is 158 Å². The largest absolute Gasteiger partial charge is 0.497 e. The average molecular weight is 405 g/mol. The maximum atomic E-state index is 5.83. The summed E-state index contributed by atoms with van der Waals surface area (Å²) < 4.78 is 12.1. The zero-order valence-corrected chi connectivity index (χ0v) is 16.2. The third-order valence-corrected chi connectivity index (χ3v) is 5.05. The van der Waals surface area contributed by atoms with Crippen LogP contribution in [0.15, 0.2) is 53.0 Å². The van der Waals surface area contributed by atoms with Gasteiger partial charge in [-0.25, -0.2) is 0 Å². The lowest BCUT2D eigenvalue weighted by molar-refractivity contribution is 0.112. The first-order valence-electron chi connectivity index (χ1n) is 8.69. The predicted molar refractivity (Wildman–Crippen MR) is 104 cm³/mol. The van der Waals surface area contributed by atoms with Gasteiger partial charge in [0.05, 0.1) is 7.11 Å². The number of ether oxygens (including phenoxy) is 2. The lowest BCUT2D eigenvalue weighted by atomic mass is 10.2. The topological polar surface area (TPSA) is 24.9 Å². The van der Waals surface area contributed by atoms with Crippen LogP contribution >= 0.6 is 15.9 Å². The maximum absolute atomic E-state index is 5.83. The molecule has 2 aromatic rings. The Balaban J connectivity index is 1.35. The van der Waals surface area contributed by atoms with E-state index in [1.807, 2.05) is 24.3 Å². The van der Waals surface area contributed by atoms with Crippen molar-refractivity contribution in [3.63, 3.8) is 0 Å². The van der Waals surface area contributed by atoms with Crippen molar-refractivity contribution in [1.82, 2.24) is 9.80 Å². The van der Waals surface area contributed by atoms with E-state index in [4.69, 9.17) is 9.47 Å². The minimum Gasteiger partial charge on any atom is -0.497 e. The molecule has 0 spiro atoms. The summed E-state index contributed by atoms with van der Waals surface area (Å²) in [6.45, 7) is 7.14. The van der Waals surface area contributed by atoms with Crippen molar-refractivity contribution in [3.05, 3.63) is 58.6 Å². The molecule has 0 saturated carbocycles. The first kappa shape index (κ1) is 18.2. The molecule has 0 amide bonds. The smallest absolute Gasteiger partial charge is 0.119 e. The zero-order chi connectivity index (χ0) is 17.5. The lowest BCUT2D eigenvalue weighted by Crippen LogP contribution is -2.47. The molecule has 25 heavy (non-hydrogen) atoms. The summed E-state index contributed by atoms with van der Waals surface area (Å²) in [7, 11) is 1.67. The van der Waals surface area contributed by atoms with Crippen molar-refractivity contribution in [3.8, 4) is 11.5 Å². The summed E-state index contributed by atoms with van der Waals surface area (Å²) >= 11 is 3.49. The third kappa shape index (κ3) is 5.73. The molecule has 0 aliphatic carbocycles. The fourth-order valence-corrected chi connectivity index (χ4v) is 3.25. The number of rotatable bonds is 7. The quantitative estimate of drug-likeness (QED) is 0.702. The summed E-state index contributed by atoms with van der Waals surface area (Å²) in [4.78, 5) is 4.99. The van der Waals surface area contributed by atoms with E-state index in [0.29, 0.717) is 0 Å². The molecule has 5 heteroatoms. The highest BCUT2D eigenvalue weighted by Gasteiger charge is 2.16. The number of nitrogens with zero attached hydrogens (tertiary/aromatic N) is 2. The zero-order valence-electron chi connectivity index (χ0n) is 14.7. The summed E-state index contributed by atoms with van der Waals surface area (Å²) in [5.74, 6) is 1.75. The molecule has 0 bridgehead atoms. The molecule has 3 rings (SSSR count). The van der Waals surface area contributed by atoms with Gasteiger partial charge in [-0.1, -0.05) is 28.1 Å². The molecular weight excluding hydrogens is 380 g/mol. The summed E-state index contributed by atoms with van der Waals surface area (Å²) in [5.41, 5.74) is 1.37. The number of hydrogen-bond acceptors (Lipinski definition) is 4. The van der Waals surface area contributed by atoms with Gasteiger partial charge in [0.2, 0.25) is 0 Å². The number of halogens is 1. The van der Waals surface area contributed by atoms with Gasteiger partial charge in [0.15, 0.2) is 0 Å². The molecule has 1 aliphatic heterocycles. The summed E-state index contributed by atoms with van der Waals surface area (Å²) in [5, 5.41) is 0. The van der Waals surface area contributed by atoms with E-state index in [1.54, 1.807) is 7.11 Å². The lowest BCUT2D eigenvalue weighted by Gasteiger charge is -2.34. The highest BCUT2D eigenvalue weighted by molar-refractivity contribution is 9.10. The van der Waals surface area contributed by atoms with Gasteiger partial charge in [0.1, 0.15) is 18.1 Å². The number of hydrogen-bond donors (Lipinski definition) is 0. The van der Waals surface area contributed by atoms with Crippen LogP contribution in [0.3, 0.4) is 0 Å². The Morgan fingerprint density at radius 2 is 1.44 bits per heavy atom. The number of methoxy groups -OCH3 is 1. The van der Waals surface area contributed by atoms with Gasteiger partial charge >= 0.3 is 0 Å². The molecule has 0 atom stereocenters. The fourth-order valence-electron chi connectivity index (χ4n) is 2.98. The minimum absolute atomic E-state index is 0.721. The van der Waals surface area contributed by atoms with Crippen molar-refractivity contribution >= 4 is 15.9 Å². The second kappa shape index (κ2) is 9.22. The average Bonchev–Trinajstić information content (AvgIpc) is 2.66. The fraction of sp³-hybridized carbons (Fsp3) is 0.400. The molecule has 0 aromatic heterocycles. The van der Waals surface area contributed by atoms with Gasteiger partial charge in [0, 0.05) is 43.7 Å². The van der Waals surface area contributed by atoms with E-state index >= 15 is 0 Å². The van der Waals surface area contributed by atoms with Crippen molar-refractivity contribution < 1.29 is 9.47 Å². The Hall–Kier alpha value is -1.56. The van der Waals surface area contributed by atoms with Gasteiger partial charge in [-0.15, -0.1) is 0 Å². The van der Waals surface area contributed by atoms with E-state index in [-0.39, 0.29) is 0 Å². The molecule has 2 aromatic carbocycles. The molecular formula is C20H25BrN2O2. The van der Waals surface area contributed by atoms with Gasteiger partial charge < -0.3 is 9.47 Å². The molecule has 0 radical (unpaired) electrons. The van der Waals surface area contributed by atoms with Crippen LogP contribution in [0.1, 0.15) is 5.56 Å². The first-order chi connectivity index (χ1) is 12.2. The second-order valence-electron chi connectivity index (χ2n) is 6.27. The van der Waals surface area contributed by atoms with E-state index < -0.39 is 0 Å². The Morgan fingerprint density at radius 1 is 0.840 bits per heavy atom. The molecule has 1 aliphatic rings. The molecule has 1 fully saturated rings. The number of piperazine rings is 1. The number of benzene rings is 2. The van der Waals surface area contributed by atoms with E-state index in [1.165, 1.54) is 5.56 Å². The van der Waals surface area contributed by atoms with Gasteiger partial charge in [-0.05, 0) is 42.0 Å². The molecule has 1 heterocycles. The van der Waals surface area contributed by atoms with Crippen LogP contribution < -0.4 is 9.47 Å². The van der Waals surface area contributed by atoms with Crippen LogP contribution in [0.5, 0.6) is 11.5 Å². The SMILES string of the molecule is COc1ccc(OCCN2CCN(Cc3ccc(Br)cc3)CC2)cc1. The monoisotopic (exact) mass is 404 g/mol. The molecule has 134 valence electrons. The van der Waals surface area contributed by atoms with Gasteiger partial charge in [-0.2, -0.15) is 0 Å². The highest BCUT2D eigenvalue weighted by atomic mass is 79.9. The van der Waals surface area contributed by atoms with Crippen LogP contribution in [0, 0.1) is 0 Å². The summed E-state index contributed by atoms with van der Waals surface area (Å²) in [6.07, 6.45) is 0. The van der Waals surface area contributed by atoms with Crippen LogP contribution in [0.25, 0.3) is 0 Å². The Morgan fingerprint density at radius 3 is 2.08 bits per heavy atom. The van der Waals surface area contributed by atoms with Crippen molar-refractivity contribution in [2.75, 3.05) is 46.4 Å². The Bertz CT molecular complexity index is 638. The van der Waals surface area contributed by atoms with E-state index in [9.17, 15) is 0 Å². The standard InChI is InChI=1S/C20H25BrN2O2/c1-24-19-6-8-20(9-7-19)25-15-14-22-10-12-23(13-11-22)16-17-2-4-18(21)5-3-17/h2-9H,10-16H2,1H3.